The molecule has 0 spiro atoms. The van der Waals surface area contributed by atoms with Gasteiger partial charge in [0.2, 0.25) is 5.91 Å². The molecule has 34 heavy (non-hydrogen) atoms. The van der Waals surface area contributed by atoms with Crippen molar-refractivity contribution in [2.24, 2.45) is 5.73 Å². The summed E-state index contributed by atoms with van der Waals surface area (Å²) in [6, 6.07) is 10.9. The molecule has 0 atom stereocenters. The van der Waals surface area contributed by atoms with Crippen LogP contribution in [0.2, 0.25) is 0 Å². The van der Waals surface area contributed by atoms with E-state index in [0.29, 0.717) is 23.2 Å². The normalized spacial score (nSPS) is 11.1. The number of ether oxygens (including phenoxy) is 1. The number of allylic oxidation sites excluding steroid dienone is 1. The van der Waals surface area contributed by atoms with Crippen LogP contribution in [0.4, 0.5) is 18.9 Å². The summed E-state index contributed by atoms with van der Waals surface area (Å²) in [6.07, 6.45) is -2.89. The first-order valence-electron chi connectivity index (χ1n) is 9.83. The number of benzene rings is 2. The molecule has 0 saturated heterocycles. The molecule has 0 aliphatic carbocycles. The molecule has 1 heterocycles. The highest BCUT2D eigenvalue weighted by Gasteiger charge is 2.30. The number of para-hydroxylation sites is 1. The maximum absolute atomic E-state index is 12.9. The smallest absolute Gasteiger partial charge is 0.416 e. The van der Waals surface area contributed by atoms with Crippen molar-refractivity contribution in [3.05, 3.63) is 78.1 Å². The number of carbonyl (C=O) groups is 2. The number of hydrogen-bond donors (Lipinski definition) is 2. The molecule has 178 valence electrons. The van der Waals surface area contributed by atoms with Gasteiger partial charge in [0.25, 0.3) is 5.91 Å². The van der Waals surface area contributed by atoms with Gasteiger partial charge in [-0.25, -0.2) is 0 Å². The van der Waals surface area contributed by atoms with Crippen molar-refractivity contribution >= 4 is 29.3 Å². The van der Waals surface area contributed by atoms with Crippen LogP contribution in [0.1, 0.15) is 21.7 Å². The maximum atomic E-state index is 12.9. The lowest BCUT2D eigenvalue weighted by atomic mass is 10.1. The summed E-state index contributed by atoms with van der Waals surface area (Å²) in [6.45, 7) is 3.83. The number of nitrogens with zero attached hydrogens (tertiary/aromatic N) is 3. The Hall–Kier alpha value is -3.80. The van der Waals surface area contributed by atoms with E-state index in [1.165, 1.54) is 18.2 Å². The van der Waals surface area contributed by atoms with Gasteiger partial charge in [0.05, 0.1) is 22.6 Å². The molecule has 3 rings (SSSR count). The molecule has 0 aliphatic rings. The first-order valence-corrected chi connectivity index (χ1v) is 10.8. The number of carbonyl (C=O) groups excluding carboxylic acids is 2. The van der Waals surface area contributed by atoms with Crippen molar-refractivity contribution in [1.29, 1.82) is 0 Å². The summed E-state index contributed by atoms with van der Waals surface area (Å²) in [5.41, 5.74) is 4.98. The van der Waals surface area contributed by atoms with Gasteiger partial charge in [-0.1, -0.05) is 36.0 Å². The van der Waals surface area contributed by atoms with Crippen molar-refractivity contribution in [3.63, 3.8) is 0 Å². The van der Waals surface area contributed by atoms with Crippen LogP contribution in [0.15, 0.2) is 66.3 Å². The van der Waals surface area contributed by atoms with Gasteiger partial charge in [-0.15, -0.1) is 16.8 Å². The number of alkyl halides is 3. The predicted octanol–water partition coefficient (Wildman–Crippen LogP) is 3.89. The summed E-state index contributed by atoms with van der Waals surface area (Å²) < 4.78 is 45.8. The van der Waals surface area contributed by atoms with E-state index in [9.17, 15) is 22.8 Å². The standard InChI is InChI=1S/C22H20F3N5O3S/c1-2-10-30-18(12-33-15-7-5-6-14(11-15)22(23,24)25)28-29-21(30)34-13-19(31)27-17-9-4-3-8-16(17)20(26)32/h2-9,11H,1,10,12-13H2,(H2,26,32)(H,27,31). The largest absolute Gasteiger partial charge is 0.486 e. The molecule has 8 nitrogen and oxygen atoms in total. The lowest BCUT2D eigenvalue weighted by Gasteiger charge is -2.11. The molecule has 12 heteroatoms. The van der Waals surface area contributed by atoms with E-state index in [0.717, 1.165) is 23.9 Å². The second-order valence-corrected chi connectivity index (χ2v) is 7.80. The second-order valence-electron chi connectivity index (χ2n) is 6.86. The van der Waals surface area contributed by atoms with Crippen LogP contribution in [-0.4, -0.2) is 32.3 Å². The summed E-state index contributed by atoms with van der Waals surface area (Å²) in [7, 11) is 0. The number of nitrogens with two attached hydrogens (primary N) is 1. The van der Waals surface area contributed by atoms with Gasteiger partial charge in [0.15, 0.2) is 11.0 Å². The Kier molecular flexibility index (Phi) is 7.95. The Labute approximate surface area is 197 Å². The van der Waals surface area contributed by atoms with E-state index >= 15 is 0 Å². The first-order chi connectivity index (χ1) is 16.2. The molecular weight excluding hydrogens is 471 g/mol. The monoisotopic (exact) mass is 491 g/mol. The molecule has 0 aliphatic heterocycles. The highest BCUT2D eigenvalue weighted by atomic mass is 32.2. The quantitative estimate of drug-likeness (QED) is 0.329. The Morgan fingerprint density at radius 2 is 1.94 bits per heavy atom. The third-order valence-corrected chi connectivity index (χ3v) is 5.40. The van der Waals surface area contributed by atoms with Crippen molar-refractivity contribution in [2.45, 2.75) is 24.5 Å². The number of rotatable bonds is 10. The van der Waals surface area contributed by atoms with Gasteiger partial charge in [0, 0.05) is 6.54 Å². The SMILES string of the molecule is C=CCn1c(COc2cccc(C(F)(F)F)c2)nnc1SCC(=O)Nc1ccccc1C(N)=O. The first kappa shape index (κ1) is 24.8. The van der Waals surface area contributed by atoms with Crippen LogP contribution in [0.3, 0.4) is 0 Å². The number of primary amides is 1. The molecule has 0 unspecified atom stereocenters. The van der Waals surface area contributed by atoms with Crippen molar-refractivity contribution in [2.75, 3.05) is 11.1 Å². The van der Waals surface area contributed by atoms with E-state index in [4.69, 9.17) is 10.5 Å². The Balaban J connectivity index is 1.65. The van der Waals surface area contributed by atoms with Gasteiger partial charge in [-0.2, -0.15) is 13.2 Å². The van der Waals surface area contributed by atoms with Crippen LogP contribution in [0, 0.1) is 0 Å². The lowest BCUT2D eigenvalue weighted by Crippen LogP contribution is -2.19. The third-order valence-electron chi connectivity index (χ3n) is 4.43. The van der Waals surface area contributed by atoms with Crippen LogP contribution in [-0.2, 0) is 24.1 Å². The van der Waals surface area contributed by atoms with E-state index in [1.54, 1.807) is 28.8 Å². The van der Waals surface area contributed by atoms with Crippen LogP contribution in [0.5, 0.6) is 5.75 Å². The summed E-state index contributed by atoms with van der Waals surface area (Å²) in [5.74, 6) is -0.728. The van der Waals surface area contributed by atoms with Crippen LogP contribution < -0.4 is 15.8 Å². The Morgan fingerprint density at radius 1 is 1.18 bits per heavy atom. The van der Waals surface area contributed by atoms with Gasteiger partial charge < -0.3 is 15.8 Å². The fourth-order valence-electron chi connectivity index (χ4n) is 2.88. The van der Waals surface area contributed by atoms with E-state index in [-0.39, 0.29) is 23.7 Å². The molecule has 3 aromatic rings. The molecule has 1 aromatic heterocycles. The molecule has 3 N–H and O–H groups in total. The van der Waals surface area contributed by atoms with E-state index in [2.05, 4.69) is 22.1 Å². The van der Waals surface area contributed by atoms with Crippen molar-refractivity contribution < 1.29 is 27.5 Å². The van der Waals surface area contributed by atoms with Gasteiger partial charge in [0.1, 0.15) is 12.4 Å². The van der Waals surface area contributed by atoms with Gasteiger partial charge in [-0.3, -0.25) is 14.2 Å². The minimum atomic E-state index is -4.48. The highest BCUT2D eigenvalue weighted by molar-refractivity contribution is 7.99. The van der Waals surface area contributed by atoms with E-state index < -0.39 is 23.6 Å². The number of nitrogens with one attached hydrogen (secondary N) is 1. The molecule has 0 saturated carbocycles. The zero-order valence-electron chi connectivity index (χ0n) is 17.7. The maximum Gasteiger partial charge on any atom is 0.416 e. The summed E-state index contributed by atoms with van der Waals surface area (Å²) in [4.78, 5) is 23.9. The molecule has 2 amide bonds. The number of anilines is 1. The minimum Gasteiger partial charge on any atom is -0.486 e. The molecule has 0 radical (unpaired) electrons. The lowest BCUT2D eigenvalue weighted by molar-refractivity contribution is -0.137. The average Bonchev–Trinajstić information content (AvgIpc) is 3.18. The fraction of sp³-hybridized carbons (Fsp3) is 0.182. The number of halogens is 3. The zero-order chi connectivity index (χ0) is 24.7. The number of aromatic nitrogens is 3. The summed E-state index contributed by atoms with van der Waals surface area (Å²) in [5, 5.41) is 11.1. The number of hydrogen-bond acceptors (Lipinski definition) is 6. The van der Waals surface area contributed by atoms with Crippen molar-refractivity contribution in [3.8, 4) is 5.75 Å². The Bertz CT molecular complexity index is 1200. The summed E-state index contributed by atoms with van der Waals surface area (Å²) >= 11 is 1.09. The molecular formula is C22H20F3N5O3S. The van der Waals surface area contributed by atoms with Crippen LogP contribution in [0.25, 0.3) is 0 Å². The molecule has 2 aromatic carbocycles. The fourth-order valence-corrected chi connectivity index (χ4v) is 3.65. The zero-order valence-corrected chi connectivity index (χ0v) is 18.5. The second kappa shape index (κ2) is 10.9. The average molecular weight is 491 g/mol. The highest BCUT2D eigenvalue weighted by Crippen LogP contribution is 2.31. The minimum absolute atomic E-state index is 0.0321. The van der Waals surface area contributed by atoms with Gasteiger partial charge in [-0.05, 0) is 30.3 Å². The molecule has 0 fully saturated rings. The number of thioether (sulfide) groups is 1. The van der Waals surface area contributed by atoms with Crippen LogP contribution >= 0.6 is 11.8 Å². The third kappa shape index (κ3) is 6.38. The topological polar surface area (TPSA) is 112 Å². The van der Waals surface area contributed by atoms with Crippen molar-refractivity contribution in [1.82, 2.24) is 14.8 Å². The number of amides is 2. The van der Waals surface area contributed by atoms with Gasteiger partial charge >= 0.3 is 6.18 Å². The molecule has 0 bridgehead atoms. The van der Waals surface area contributed by atoms with E-state index in [1.807, 2.05) is 0 Å². The Morgan fingerprint density at radius 3 is 2.65 bits per heavy atom. The predicted molar refractivity (Wildman–Crippen MR) is 120 cm³/mol.